The lowest BCUT2D eigenvalue weighted by Crippen LogP contribution is -2.25. The van der Waals surface area contributed by atoms with Crippen LogP contribution >= 0.6 is 11.6 Å². The summed E-state index contributed by atoms with van der Waals surface area (Å²) < 4.78 is 0. The molecule has 1 N–H and O–H groups in total. The minimum atomic E-state index is -0.743. The number of anilines is 1. The van der Waals surface area contributed by atoms with Crippen LogP contribution in [0.15, 0.2) is 24.3 Å². The molecular formula is C13H18ClNO2. The van der Waals surface area contributed by atoms with Gasteiger partial charge in [-0.2, -0.15) is 0 Å². The van der Waals surface area contributed by atoms with Crippen molar-refractivity contribution in [2.45, 2.75) is 26.2 Å². The van der Waals surface area contributed by atoms with Crippen molar-refractivity contribution in [2.24, 2.45) is 0 Å². The lowest BCUT2D eigenvalue weighted by atomic mass is 10.2. The van der Waals surface area contributed by atoms with Gasteiger partial charge in [0.25, 0.3) is 0 Å². The van der Waals surface area contributed by atoms with Crippen molar-refractivity contribution >= 4 is 23.3 Å². The van der Waals surface area contributed by atoms with Gasteiger partial charge in [-0.1, -0.05) is 24.6 Å². The lowest BCUT2D eigenvalue weighted by molar-refractivity contribution is -0.137. The molecule has 0 aliphatic rings. The van der Waals surface area contributed by atoms with Crippen LogP contribution in [0.25, 0.3) is 0 Å². The van der Waals surface area contributed by atoms with E-state index in [4.69, 9.17) is 16.7 Å². The van der Waals surface area contributed by atoms with Gasteiger partial charge in [0, 0.05) is 30.2 Å². The molecule has 1 aromatic rings. The van der Waals surface area contributed by atoms with Crippen LogP contribution in [0, 0.1) is 0 Å². The second kappa shape index (κ2) is 7.17. The maximum absolute atomic E-state index is 10.5. The number of halogens is 1. The quantitative estimate of drug-likeness (QED) is 0.812. The fourth-order valence-electron chi connectivity index (χ4n) is 1.73. The van der Waals surface area contributed by atoms with Gasteiger partial charge in [-0.25, -0.2) is 0 Å². The van der Waals surface area contributed by atoms with Gasteiger partial charge in [-0.3, -0.25) is 4.79 Å². The molecule has 0 amide bonds. The monoisotopic (exact) mass is 255 g/mol. The fraction of sp³-hybridized carbons (Fsp3) is 0.462. The van der Waals surface area contributed by atoms with Crippen molar-refractivity contribution in [1.29, 1.82) is 0 Å². The SMILES string of the molecule is CCCN(CCCC(=O)O)c1cccc(Cl)c1. The Balaban J connectivity index is 2.61. The summed E-state index contributed by atoms with van der Waals surface area (Å²) >= 11 is 5.95. The standard InChI is InChI=1S/C13H18ClNO2/c1-2-8-15(9-4-7-13(16)17)12-6-3-5-11(14)10-12/h3,5-6,10H,2,4,7-9H2,1H3,(H,16,17). The Bertz CT molecular complexity index is 368. The van der Waals surface area contributed by atoms with E-state index in [2.05, 4.69) is 11.8 Å². The Kier molecular flexibility index (Phi) is 5.84. The average Bonchev–Trinajstić information content (AvgIpc) is 2.27. The number of carbonyl (C=O) groups is 1. The fourth-order valence-corrected chi connectivity index (χ4v) is 1.92. The zero-order valence-electron chi connectivity index (χ0n) is 10.0. The van der Waals surface area contributed by atoms with E-state index in [0.29, 0.717) is 11.4 Å². The normalized spacial score (nSPS) is 10.2. The minimum Gasteiger partial charge on any atom is -0.481 e. The van der Waals surface area contributed by atoms with Gasteiger partial charge in [-0.15, -0.1) is 0 Å². The van der Waals surface area contributed by atoms with Crippen LogP contribution in [-0.4, -0.2) is 24.2 Å². The molecule has 94 valence electrons. The van der Waals surface area contributed by atoms with Gasteiger partial charge in [0.1, 0.15) is 0 Å². The summed E-state index contributed by atoms with van der Waals surface area (Å²) in [5.74, 6) is -0.743. The van der Waals surface area contributed by atoms with Gasteiger partial charge >= 0.3 is 5.97 Å². The number of benzene rings is 1. The third-order valence-corrected chi connectivity index (χ3v) is 2.72. The first-order chi connectivity index (χ1) is 8.13. The van der Waals surface area contributed by atoms with Gasteiger partial charge in [0.05, 0.1) is 0 Å². The molecule has 0 saturated carbocycles. The van der Waals surface area contributed by atoms with E-state index in [0.717, 1.165) is 25.2 Å². The van der Waals surface area contributed by atoms with Crippen molar-refractivity contribution in [3.63, 3.8) is 0 Å². The highest BCUT2D eigenvalue weighted by molar-refractivity contribution is 6.30. The van der Waals surface area contributed by atoms with Gasteiger partial charge in [0.15, 0.2) is 0 Å². The first-order valence-electron chi connectivity index (χ1n) is 5.85. The molecule has 4 heteroatoms. The van der Waals surface area contributed by atoms with Crippen LogP contribution in [-0.2, 0) is 4.79 Å². The van der Waals surface area contributed by atoms with E-state index < -0.39 is 5.97 Å². The molecule has 0 aliphatic heterocycles. The molecule has 17 heavy (non-hydrogen) atoms. The summed E-state index contributed by atoms with van der Waals surface area (Å²) in [6, 6.07) is 7.67. The Morgan fingerprint density at radius 2 is 2.18 bits per heavy atom. The summed E-state index contributed by atoms with van der Waals surface area (Å²) in [5.41, 5.74) is 1.06. The summed E-state index contributed by atoms with van der Waals surface area (Å²) in [6.07, 6.45) is 1.89. The van der Waals surface area contributed by atoms with Crippen molar-refractivity contribution in [2.75, 3.05) is 18.0 Å². The van der Waals surface area contributed by atoms with E-state index in [9.17, 15) is 4.79 Å². The Morgan fingerprint density at radius 3 is 2.76 bits per heavy atom. The molecule has 3 nitrogen and oxygen atoms in total. The van der Waals surface area contributed by atoms with Crippen LogP contribution in [0.1, 0.15) is 26.2 Å². The predicted molar refractivity (Wildman–Crippen MR) is 70.8 cm³/mol. The zero-order valence-corrected chi connectivity index (χ0v) is 10.8. The Labute approximate surface area is 107 Å². The Hall–Kier alpha value is -1.22. The van der Waals surface area contributed by atoms with E-state index in [-0.39, 0.29) is 6.42 Å². The van der Waals surface area contributed by atoms with Crippen LogP contribution in [0.2, 0.25) is 5.02 Å². The molecule has 1 rings (SSSR count). The molecule has 0 bridgehead atoms. The number of nitrogens with zero attached hydrogens (tertiary/aromatic N) is 1. The van der Waals surface area contributed by atoms with Gasteiger partial charge in [0.2, 0.25) is 0 Å². The molecule has 0 atom stereocenters. The first kappa shape index (κ1) is 13.8. The minimum absolute atomic E-state index is 0.209. The number of aliphatic carboxylic acids is 1. The summed E-state index contributed by atoms with van der Waals surface area (Å²) in [5, 5.41) is 9.34. The second-order valence-electron chi connectivity index (χ2n) is 3.96. The average molecular weight is 256 g/mol. The Morgan fingerprint density at radius 1 is 1.41 bits per heavy atom. The zero-order chi connectivity index (χ0) is 12.7. The molecule has 1 aromatic carbocycles. The number of hydrogen-bond donors (Lipinski definition) is 1. The predicted octanol–water partition coefficient (Wildman–Crippen LogP) is 3.42. The van der Waals surface area contributed by atoms with Crippen molar-refractivity contribution in [3.05, 3.63) is 29.3 Å². The summed E-state index contributed by atoms with van der Waals surface area (Å²) in [7, 11) is 0. The van der Waals surface area contributed by atoms with E-state index in [1.54, 1.807) is 0 Å². The molecule has 0 aromatic heterocycles. The third-order valence-electron chi connectivity index (χ3n) is 2.49. The number of carboxylic acid groups (broad SMARTS) is 1. The highest BCUT2D eigenvalue weighted by atomic mass is 35.5. The molecular weight excluding hydrogens is 238 g/mol. The van der Waals surface area contributed by atoms with Crippen LogP contribution in [0.3, 0.4) is 0 Å². The molecule has 0 fully saturated rings. The van der Waals surface area contributed by atoms with Gasteiger partial charge in [-0.05, 0) is 31.0 Å². The highest BCUT2D eigenvalue weighted by Crippen LogP contribution is 2.20. The summed E-state index contributed by atoms with van der Waals surface area (Å²) in [4.78, 5) is 12.7. The van der Waals surface area contributed by atoms with E-state index >= 15 is 0 Å². The second-order valence-corrected chi connectivity index (χ2v) is 4.40. The van der Waals surface area contributed by atoms with E-state index in [1.807, 2.05) is 24.3 Å². The van der Waals surface area contributed by atoms with Crippen LogP contribution in [0.4, 0.5) is 5.69 Å². The van der Waals surface area contributed by atoms with Crippen molar-refractivity contribution in [1.82, 2.24) is 0 Å². The maximum Gasteiger partial charge on any atom is 0.303 e. The molecule has 0 unspecified atom stereocenters. The number of rotatable bonds is 7. The molecule has 0 saturated heterocycles. The molecule has 0 aliphatic carbocycles. The molecule has 0 spiro atoms. The molecule has 0 heterocycles. The first-order valence-corrected chi connectivity index (χ1v) is 6.23. The van der Waals surface area contributed by atoms with Crippen LogP contribution < -0.4 is 4.90 Å². The van der Waals surface area contributed by atoms with E-state index in [1.165, 1.54) is 0 Å². The third kappa shape index (κ3) is 5.09. The number of hydrogen-bond acceptors (Lipinski definition) is 2. The maximum atomic E-state index is 10.5. The summed E-state index contributed by atoms with van der Waals surface area (Å²) in [6.45, 7) is 3.77. The lowest BCUT2D eigenvalue weighted by Gasteiger charge is -2.24. The van der Waals surface area contributed by atoms with Crippen molar-refractivity contribution < 1.29 is 9.90 Å². The molecule has 0 radical (unpaired) electrons. The van der Waals surface area contributed by atoms with Crippen molar-refractivity contribution in [3.8, 4) is 0 Å². The highest BCUT2D eigenvalue weighted by Gasteiger charge is 2.06. The number of carboxylic acids is 1. The van der Waals surface area contributed by atoms with Crippen LogP contribution in [0.5, 0.6) is 0 Å². The topological polar surface area (TPSA) is 40.5 Å². The smallest absolute Gasteiger partial charge is 0.303 e. The largest absolute Gasteiger partial charge is 0.481 e. The van der Waals surface area contributed by atoms with Gasteiger partial charge < -0.3 is 10.0 Å².